The molecule has 1 fully saturated rings. The SMILES string of the molecule is CNCCCCS(=O)(=O)NCCCN1CCOCC1. The maximum Gasteiger partial charge on any atom is 0.211 e. The monoisotopic (exact) mass is 293 g/mol. The van der Waals surface area contributed by atoms with Crippen molar-refractivity contribution in [3.05, 3.63) is 0 Å². The lowest BCUT2D eigenvalue weighted by molar-refractivity contribution is 0.0376. The Kier molecular flexibility index (Phi) is 8.56. The van der Waals surface area contributed by atoms with Crippen molar-refractivity contribution in [3.63, 3.8) is 0 Å². The molecule has 0 radical (unpaired) electrons. The van der Waals surface area contributed by atoms with Crippen LogP contribution in [0.2, 0.25) is 0 Å². The van der Waals surface area contributed by atoms with Crippen LogP contribution in [0.3, 0.4) is 0 Å². The van der Waals surface area contributed by atoms with Crippen LogP contribution >= 0.6 is 0 Å². The Bertz CT molecular complexity index is 316. The molecule has 0 bridgehead atoms. The van der Waals surface area contributed by atoms with Gasteiger partial charge in [-0.05, 0) is 39.4 Å². The maximum atomic E-state index is 11.7. The number of nitrogens with zero attached hydrogens (tertiary/aromatic N) is 1. The highest BCUT2D eigenvalue weighted by Crippen LogP contribution is 1.98. The molecule has 6 nitrogen and oxygen atoms in total. The molecule has 1 aliphatic heterocycles. The van der Waals surface area contributed by atoms with Gasteiger partial charge in [-0.25, -0.2) is 13.1 Å². The van der Waals surface area contributed by atoms with E-state index in [0.717, 1.165) is 52.2 Å². The highest BCUT2D eigenvalue weighted by Gasteiger charge is 2.11. The zero-order chi connectivity index (χ0) is 14.0. The number of hydrogen-bond acceptors (Lipinski definition) is 5. The number of sulfonamides is 1. The first-order valence-corrected chi connectivity index (χ1v) is 8.71. The zero-order valence-electron chi connectivity index (χ0n) is 11.9. The number of rotatable bonds is 10. The van der Waals surface area contributed by atoms with Gasteiger partial charge in [-0.1, -0.05) is 0 Å². The highest BCUT2D eigenvalue weighted by molar-refractivity contribution is 7.89. The van der Waals surface area contributed by atoms with Crippen LogP contribution in [0.4, 0.5) is 0 Å². The molecule has 114 valence electrons. The van der Waals surface area contributed by atoms with Gasteiger partial charge in [-0.15, -0.1) is 0 Å². The lowest BCUT2D eigenvalue weighted by Gasteiger charge is -2.26. The van der Waals surface area contributed by atoms with Gasteiger partial charge in [0.25, 0.3) is 0 Å². The van der Waals surface area contributed by atoms with Crippen molar-refractivity contribution in [3.8, 4) is 0 Å². The molecule has 0 unspecified atom stereocenters. The van der Waals surface area contributed by atoms with Gasteiger partial charge in [0.15, 0.2) is 0 Å². The molecule has 2 N–H and O–H groups in total. The first kappa shape index (κ1) is 16.8. The van der Waals surface area contributed by atoms with E-state index in [0.29, 0.717) is 13.0 Å². The van der Waals surface area contributed by atoms with Crippen LogP contribution in [-0.4, -0.2) is 72.1 Å². The average molecular weight is 293 g/mol. The molecule has 1 heterocycles. The molecule has 1 saturated heterocycles. The summed E-state index contributed by atoms with van der Waals surface area (Å²) < 4.78 is 31.3. The number of unbranched alkanes of at least 4 members (excludes halogenated alkanes) is 1. The number of nitrogens with one attached hydrogen (secondary N) is 2. The van der Waals surface area contributed by atoms with E-state index in [9.17, 15) is 8.42 Å². The number of morpholine rings is 1. The molecular formula is C12H27N3O3S. The van der Waals surface area contributed by atoms with E-state index in [-0.39, 0.29) is 5.75 Å². The topological polar surface area (TPSA) is 70.7 Å². The molecule has 0 aliphatic carbocycles. The second-order valence-electron chi connectivity index (χ2n) is 4.83. The number of ether oxygens (including phenoxy) is 1. The van der Waals surface area contributed by atoms with Crippen LogP contribution in [0, 0.1) is 0 Å². The lowest BCUT2D eigenvalue weighted by Crippen LogP contribution is -2.38. The molecular weight excluding hydrogens is 266 g/mol. The van der Waals surface area contributed by atoms with Crippen LogP contribution in [0.5, 0.6) is 0 Å². The third kappa shape index (κ3) is 8.54. The predicted octanol–water partition coefficient (Wildman–Crippen LogP) is -0.372. The van der Waals surface area contributed by atoms with E-state index in [1.807, 2.05) is 7.05 Å². The molecule has 0 amide bonds. The summed E-state index contributed by atoms with van der Waals surface area (Å²) in [6, 6.07) is 0. The maximum absolute atomic E-state index is 11.7. The van der Waals surface area contributed by atoms with Crippen LogP contribution in [0.25, 0.3) is 0 Å². The predicted molar refractivity (Wildman–Crippen MR) is 76.8 cm³/mol. The summed E-state index contributed by atoms with van der Waals surface area (Å²) in [6.45, 7) is 5.83. The number of hydrogen-bond donors (Lipinski definition) is 2. The van der Waals surface area contributed by atoms with E-state index in [2.05, 4.69) is 14.9 Å². The molecule has 0 aromatic carbocycles. The highest BCUT2D eigenvalue weighted by atomic mass is 32.2. The summed E-state index contributed by atoms with van der Waals surface area (Å²) in [6.07, 6.45) is 2.46. The van der Waals surface area contributed by atoms with Gasteiger partial charge in [0.05, 0.1) is 19.0 Å². The zero-order valence-corrected chi connectivity index (χ0v) is 12.7. The van der Waals surface area contributed by atoms with Crippen LogP contribution in [0.15, 0.2) is 0 Å². The summed E-state index contributed by atoms with van der Waals surface area (Å²) in [5, 5.41) is 3.01. The molecule has 0 spiro atoms. The Morgan fingerprint density at radius 1 is 1.11 bits per heavy atom. The fourth-order valence-electron chi connectivity index (χ4n) is 2.02. The molecule has 0 aromatic rings. The van der Waals surface area contributed by atoms with E-state index < -0.39 is 10.0 Å². The Balaban J connectivity index is 2.03. The van der Waals surface area contributed by atoms with E-state index in [1.165, 1.54) is 0 Å². The Morgan fingerprint density at radius 2 is 1.84 bits per heavy atom. The van der Waals surface area contributed by atoms with Crippen molar-refractivity contribution >= 4 is 10.0 Å². The molecule has 1 aliphatic rings. The molecule has 0 atom stereocenters. The average Bonchev–Trinajstić information content (AvgIpc) is 2.41. The summed E-state index contributed by atoms with van der Waals surface area (Å²) >= 11 is 0. The lowest BCUT2D eigenvalue weighted by atomic mass is 10.3. The Hall–Kier alpha value is -0.210. The van der Waals surface area contributed by atoms with E-state index >= 15 is 0 Å². The largest absolute Gasteiger partial charge is 0.379 e. The normalized spacial score (nSPS) is 17.7. The van der Waals surface area contributed by atoms with Gasteiger partial charge in [0.2, 0.25) is 10.0 Å². The summed E-state index contributed by atoms with van der Waals surface area (Å²) in [5.41, 5.74) is 0. The van der Waals surface area contributed by atoms with Crippen LogP contribution in [0.1, 0.15) is 19.3 Å². The van der Waals surface area contributed by atoms with Gasteiger partial charge < -0.3 is 10.1 Å². The van der Waals surface area contributed by atoms with E-state index in [4.69, 9.17) is 4.74 Å². The molecule has 1 rings (SSSR count). The minimum Gasteiger partial charge on any atom is -0.379 e. The van der Waals surface area contributed by atoms with Gasteiger partial charge in [-0.3, -0.25) is 4.90 Å². The molecule has 7 heteroatoms. The fourth-order valence-corrected chi connectivity index (χ4v) is 3.20. The quantitative estimate of drug-likeness (QED) is 0.538. The van der Waals surface area contributed by atoms with Crippen LogP contribution < -0.4 is 10.0 Å². The Labute approximate surface area is 116 Å². The molecule has 0 aromatic heterocycles. The fraction of sp³-hybridized carbons (Fsp3) is 1.00. The van der Waals surface area contributed by atoms with Gasteiger partial charge >= 0.3 is 0 Å². The van der Waals surface area contributed by atoms with Gasteiger partial charge in [0, 0.05) is 19.6 Å². The second kappa shape index (κ2) is 9.66. The minimum atomic E-state index is -3.09. The van der Waals surface area contributed by atoms with Crippen molar-refractivity contribution in [2.24, 2.45) is 0 Å². The summed E-state index contributed by atoms with van der Waals surface area (Å²) in [5.74, 6) is 0.228. The van der Waals surface area contributed by atoms with Crippen molar-refractivity contribution in [2.75, 3.05) is 58.7 Å². The van der Waals surface area contributed by atoms with Crippen molar-refractivity contribution in [2.45, 2.75) is 19.3 Å². The smallest absolute Gasteiger partial charge is 0.211 e. The Morgan fingerprint density at radius 3 is 2.53 bits per heavy atom. The van der Waals surface area contributed by atoms with E-state index in [1.54, 1.807) is 0 Å². The van der Waals surface area contributed by atoms with Crippen LogP contribution in [-0.2, 0) is 14.8 Å². The third-order valence-corrected chi connectivity index (χ3v) is 4.64. The van der Waals surface area contributed by atoms with Gasteiger partial charge in [0.1, 0.15) is 0 Å². The molecule has 19 heavy (non-hydrogen) atoms. The summed E-state index contributed by atoms with van der Waals surface area (Å²) in [4.78, 5) is 2.31. The minimum absolute atomic E-state index is 0.228. The standard InChI is InChI=1S/C12H27N3O3S/c1-13-5-2-3-12-19(16,17)14-6-4-7-15-8-10-18-11-9-15/h13-14H,2-12H2,1H3. The third-order valence-electron chi connectivity index (χ3n) is 3.17. The van der Waals surface area contributed by atoms with Crippen molar-refractivity contribution < 1.29 is 13.2 Å². The first-order valence-electron chi connectivity index (χ1n) is 7.06. The van der Waals surface area contributed by atoms with Gasteiger partial charge in [-0.2, -0.15) is 0 Å². The first-order chi connectivity index (χ1) is 9.14. The second-order valence-corrected chi connectivity index (χ2v) is 6.76. The summed E-state index contributed by atoms with van der Waals surface area (Å²) in [7, 11) is -1.21. The van der Waals surface area contributed by atoms with Crippen molar-refractivity contribution in [1.82, 2.24) is 14.9 Å². The van der Waals surface area contributed by atoms with Crippen molar-refractivity contribution in [1.29, 1.82) is 0 Å². The molecule has 0 saturated carbocycles.